The van der Waals surface area contributed by atoms with E-state index in [1.807, 2.05) is 30.3 Å². The van der Waals surface area contributed by atoms with Crippen molar-refractivity contribution in [1.82, 2.24) is 0 Å². The van der Waals surface area contributed by atoms with Gasteiger partial charge in [-0.1, -0.05) is 42.5 Å². The van der Waals surface area contributed by atoms with Gasteiger partial charge in [-0.2, -0.15) is 0 Å². The second kappa shape index (κ2) is 8.78. The molecule has 2 aromatic rings. The van der Waals surface area contributed by atoms with Gasteiger partial charge in [0.25, 0.3) is 0 Å². The van der Waals surface area contributed by atoms with Gasteiger partial charge in [-0.25, -0.2) is 13.2 Å². The molecule has 0 aromatic heterocycles. The Morgan fingerprint density at radius 3 is 2.08 bits per heavy atom. The number of sulfone groups is 1. The molecule has 0 bridgehead atoms. The van der Waals surface area contributed by atoms with Gasteiger partial charge in [0.05, 0.1) is 11.5 Å². The van der Waals surface area contributed by atoms with Crippen LogP contribution in [0.1, 0.15) is 24.5 Å². The summed E-state index contributed by atoms with van der Waals surface area (Å²) >= 11 is 0. The van der Waals surface area contributed by atoms with Crippen molar-refractivity contribution in [3.8, 4) is 0 Å². The van der Waals surface area contributed by atoms with E-state index < -0.39 is 15.8 Å². The first-order chi connectivity index (χ1) is 12.4. The van der Waals surface area contributed by atoms with Gasteiger partial charge in [0.2, 0.25) is 0 Å². The first kappa shape index (κ1) is 19.9. The number of benzene rings is 2. The molecule has 6 heteroatoms. The monoisotopic (exact) mass is 374 g/mol. The van der Waals surface area contributed by atoms with Crippen molar-refractivity contribution >= 4 is 21.4 Å². The second-order valence-electron chi connectivity index (χ2n) is 5.71. The Kier molecular flexibility index (Phi) is 6.71. The summed E-state index contributed by atoms with van der Waals surface area (Å²) < 4.78 is 28.5. The summed E-state index contributed by atoms with van der Waals surface area (Å²) in [6.07, 6.45) is 1.28. The third kappa shape index (κ3) is 4.80. The Labute approximate surface area is 153 Å². The predicted molar refractivity (Wildman–Crippen MR) is 100 cm³/mol. The highest BCUT2D eigenvalue weighted by molar-refractivity contribution is 7.90. The van der Waals surface area contributed by atoms with Crippen LogP contribution in [0, 0.1) is 0 Å². The van der Waals surface area contributed by atoms with Crippen LogP contribution in [0.5, 0.6) is 0 Å². The summed E-state index contributed by atoms with van der Waals surface area (Å²) in [5.74, 6) is -0.493. The van der Waals surface area contributed by atoms with E-state index in [0.717, 1.165) is 11.8 Å². The van der Waals surface area contributed by atoms with Crippen LogP contribution in [-0.4, -0.2) is 39.0 Å². The molecule has 0 amide bonds. The number of carbonyl (C=O) groups is 1. The minimum absolute atomic E-state index is 0.136. The normalized spacial score (nSPS) is 12.4. The fourth-order valence-electron chi connectivity index (χ4n) is 2.65. The van der Waals surface area contributed by atoms with E-state index in [1.165, 1.54) is 12.1 Å². The predicted octanol–water partition coefficient (Wildman–Crippen LogP) is 2.84. The summed E-state index contributed by atoms with van der Waals surface area (Å²) in [5.41, 5.74) is 2.45. The van der Waals surface area contributed by atoms with Gasteiger partial charge >= 0.3 is 5.97 Å². The minimum atomic E-state index is -3.31. The highest BCUT2D eigenvalue weighted by Gasteiger charge is 2.19. The van der Waals surface area contributed by atoms with Crippen molar-refractivity contribution < 1.29 is 23.1 Å². The fraction of sp³-hybridized carbons (Fsp3) is 0.250. The topological polar surface area (TPSA) is 80.7 Å². The van der Waals surface area contributed by atoms with Crippen molar-refractivity contribution in [2.45, 2.75) is 18.2 Å². The number of aliphatic hydroxyl groups excluding tert-OH is 1. The van der Waals surface area contributed by atoms with Crippen molar-refractivity contribution in [3.63, 3.8) is 0 Å². The second-order valence-corrected chi connectivity index (χ2v) is 7.73. The first-order valence-corrected chi connectivity index (χ1v) is 10.1. The quantitative estimate of drug-likeness (QED) is 0.595. The van der Waals surface area contributed by atoms with Gasteiger partial charge in [-0.05, 0) is 35.8 Å². The lowest BCUT2D eigenvalue weighted by Crippen LogP contribution is -2.12. The molecule has 0 aliphatic carbocycles. The molecule has 2 rings (SSSR count). The molecule has 1 N–H and O–H groups in total. The number of rotatable bonds is 7. The largest absolute Gasteiger partial charge is 0.463 e. The SMILES string of the molecule is CCOC(=O)/C(CCO)=C(/c1ccccc1)c1ccc(S(C)(=O)=O)cc1. The summed E-state index contributed by atoms with van der Waals surface area (Å²) in [4.78, 5) is 12.7. The van der Waals surface area contributed by atoms with Gasteiger partial charge in [0.15, 0.2) is 9.84 Å². The summed E-state index contributed by atoms with van der Waals surface area (Å²) in [6, 6.07) is 15.6. The molecule has 0 radical (unpaired) electrons. The average molecular weight is 374 g/mol. The zero-order valence-electron chi connectivity index (χ0n) is 14.8. The molecule has 0 unspecified atom stereocenters. The number of hydrogen-bond acceptors (Lipinski definition) is 5. The van der Waals surface area contributed by atoms with Crippen molar-refractivity contribution in [1.29, 1.82) is 0 Å². The number of aliphatic hydroxyl groups is 1. The molecule has 5 nitrogen and oxygen atoms in total. The number of carbonyl (C=O) groups excluding carboxylic acids is 1. The minimum Gasteiger partial charge on any atom is -0.463 e. The fourth-order valence-corrected chi connectivity index (χ4v) is 3.28. The van der Waals surface area contributed by atoms with Crippen LogP contribution in [0.4, 0.5) is 0 Å². The molecule has 0 atom stereocenters. The number of ether oxygens (including phenoxy) is 1. The van der Waals surface area contributed by atoms with Crippen LogP contribution in [0.15, 0.2) is 65.1 Å². The molecule has 138 valence electrons. The molecular formula is C20H22O5S. The highest BCUT2D eigenvalue weighted by atomic mass is 32.2. The summed E-state index contributed by atoms with van der Waals surface area (Å²) in [7, 11) is -3.31. The van der Waals surface area contributed by atoms with E-state index in [0.29, 0.717) is 16.7 Å². The molecule has 0 saturated carbocycles. The number of esters is 1. The van der Waals surface area contributed by atoms with E-state index in [-0.39, 0.29) is 24.5 Å². The molecule has 0 spiro atoms. The lowest BCUT2D eigenvalue weighted by molar-refractivity contribution is -0.138. The van der Waals surface area contributed by atoms with Crippen LogP contribution in [0.25, 0.3) is 5.57 Å². The van der Waals surface area contributed by atoms with Crippen molar-refractivity contribution in [2.24, 2.45) is 0 Å². The molecular weight excluding hydrogens is 352 g/mol. The average Bonchev–Trinajstić information content (AvgIpc) is 2.62. The third-order valence-corrected chi connectivity index (χ3v) is 4.95. The number of hydrogen-bond donors (Lipinski definition) is 1. The zero-order chi connectivity index (χ0) is 19.2. The van der Waals surface area contributed by atoms with E-state index in [4.69, 9.17) is 4.74 Å². The lowest BCUT2D eigenvalue weighted by atomic mass is 9.91. The Bertz CT molecular complexity index is 882. The van der Waals surface area contributed by atoms with Gasteiger partial charge < -0.3 is 9.84 Å². The van der Waals surface area contributed by atoms with Crippen LogP contribution in [0.2, 0.25) is 0 Å². The first-order valence-electron chi connectivity index (χ1n) is 8.25. The van der Waals surface area contributed by atoms with E-state index >= 15 is 0 Å². The Balaban J connectivity index is 2.68. The van der Waals surface area contributed by atoms with Crippen LogP contribution >= 0.6 is 0 Å². The Hall–Kier alpha value is -2.44. The van der Waals surface area contributed by atoms with E-state index in [9.17, 15) is 18.3 Å². The zero-order valence-corrected chi connectivity index (χ0v) is 15.6. The van der Waals surface area contributed by atoms with E-state index in [1.54, 1.807) is 19.1 Å². The molecule has 0 aliphatic heterocycles. The molecule has 0 heterocycles. The van der Waals surface area contributed by atoms with E-state index in [2.05, 4.69) is 0 Å². The molecule has 2 aromatic carbocycles. The molecule has 26 heavy (non-hydrogen) atoms. The maximum Gasteiger partial charge on any atom is 0.334 e. The van der Waals surface area contributed by atoms with Gasteiger partial charge in [0.1, 0.15) is 0 Å². The van der Waals surface area contributed by atoms with Crippen molar-refractivity contribution in [2.75, 3.05) is 19.5 Å². The Morgan fingerprint density at radius 2 is 1.58 bits per heavy atom. The summed E-state index contributed by atoms with van der Waals surface area (Å²) in [6.45, 7) is 1.74. The van der Waals surface area contributed by atoms with Crippen LogP contribution in [0.3, 0.4) is 0 Å². The smallest absolute Gasteiger partial charge is 0.334 e. The molecule has 0 saturated heterocycles. The van der Waals surface area contributed by atoms with Crippen LogP contribution < -0.4 is 0 Å². The van der Waals surface area contributed by atoms with Crippen LogP contribution in [-0.2, 0) is 19.4 Å². The van der Waals surface area contributed by atoms with Gasteiger partial charge in [0, 0.05) is 24.9 Å². The van der Waals surface area contributed by atoms with Gasteiger partial charge in [-0.15, -0.1) is 0 Å². The summed E-state index contributed by atoms with van der Waals surface area (Å²) in [5, 5.41) is 9.43. The highest BCUT2D eigenvalue weighted by Crippen LogP contribution is 2.30. The Morgan fingerprint density at radius 1 is 1.00 bits per heavy atom. The lowest BCUT2D eigenvalue weighted by Gasteiger charge is -2.15. The molecule has 0 aliphatic rings. The van der Waals surface area contributed by atoms with Crippen molar-refractivity contribution in [3.05, 3.63) is 71.3 Å². The standard InChI is InChI=1S/C20H22O5S/c1-3-25-20(22)18(13-14-21)19(15-7-5-4-6-8-15)16-9-11-17(12-10-16)26(2,23)24/h4-12,21H,3,13-14H2,1-2H3/b19-18-. The van der Waals surface area contributed by atoms with Gasteiger partial charge in [-0.3, -0.25) is 0 Å². The maximum atomic E-state index is 12.5. The molecule has 0 fully saturated rings. The third-order valence-electron chi connectivity index (χ3n) is 3.82. The maximum absolute atomic E-state index is 12.5.